The van der Waals surface area contributed by atoms with Crippen LogP contribution < -0.4 is 0 Å². The normalized spacial score (nSPS) is 9.38. The quantitative estimate of drug-likeness (QED) is 0.396. The van der Waals surface area contributed by atoms with Gasteiger partial charge in [-0.15, -0.1) is 0 Å². The highest BCUT2D eigenvalue weighted by molar-refractivity contribution is 9.09. The molecule has 0 spiro atoms. The maximum absolute atomic E-state index is 10.6. The van der Waals surface area contributed by atoms with Crippen LogP contribution in [-0.4, -0.2) is 37.7 Å². The molecule has 0 aliphatic heterocycles. The molecule has 0 unspecified atom stereocenters. The molecule has 76 valence electrons. The lowest BCUT2D eigenvalue weighted by Gasteiger charge is -1.98. The van der Waals surface area contributed by atoms with E-state index in [1.165, 1.54) is 45.6 Å². The molecule has 0 radical (unpaired) electrons. The van der Waals surface area contributed by atoms with Gasteiger partial charge in [0.05, 0.1) is 14.2 Å². The number of hydrogen-bond acceptors (Lipinski definition) is 7. The van der Waals surface area contributed by atoms with Gasteiger partial charge in [0.2, 0.25) is 0 Å². The molecule has 0 saturated carbocycles. The predicted molar refractivity (Wildman–Crippen MR) is 56.5 cm³/mol. The fraction of sp³-hybridized carbons (Fsp3) is 0.667. The van der Waals surface area contributed by atoms with Crippen LogP contribution in [0.2, 0.25) is 0 Å². The fourth-order valence-electron chi connectivity index (χ4n) is 0.296. The molecule has 0 aliphatic rings. The van der Waals surface area contributed by atoms with Crippen LogP contribution in [0.3, 0.4) is 0 Å². The Morgan fingerprint density at radius 3 is 1.69 bits per heavy atom. The Labute approximate surface area is 88.3 Å². The van der Waals surface area contributed by atoms with Crippen molar-refractivity contribution in [3.05, 3.63) is 0 Å². The summed E-state index contributed by atoms with van der Waals surface area (Å²) in [6.45, 7) is 0. The molecule has 0 aromatic heterocycles. The van der Waals surface area contributed by atoms with Crippen molar-refractivity contribution >= 4 is 43.4 Å². The summed E-state index contributed by atoms with van der Waals surface area (Å²) in [6.07, 6.45) is 0. The van der Waals surface area contributed by atoms with Crippen LogP contribution in [0.15, 0.2) is 0 Å². The standard InChI is InChI=1S/C6H10O4S3/c1-9-5(7)3-11-13-12-4-6(8)10-2/h3-4H2,1-2H3. The molecular formula is C6H10O4S3. The van der Waals surface area contributed by atoms with Gasteiger partial charge in [-0.3, -0.25) is 9.59 Å². The summed E-state index contributed by atoms with van der Waals surface area (Å²) in [4.78, 5) is 21.2. The number of hydrogen-bond donors (Lipinski definition) is 0. The van der Waals surface area contributed by atoms with E-state index < -0.39 is 0 Å². The van der Waals surface area contributed by atoms with Gasteiger partial charge in [0.15, 0.2) is 0 Å². The number of ether oxygens (including phenoxy) is 2. The molecule has 0 aromatic rings. The highest BCUT2D eigenvalue weighted by atomic mass is 33.5. The second-order valence-corrected chi connectivity index (χ2v) is 5.98. The molecule has 0 amide bonds. The van der Waals surface area contributed by atoms with Crippen LogP contribution in [-0.2, 0) is 19.1 Å². The molecule has 0 atom stereocenters. The van der Waals surface area contributed by atoms with Crippen molar-refractivity contribution in [2.24, 2.45) is 0 Å². The molecule has 0 aromatic carbocycles. The summed E-state index contributed by atoms with van der Waals surface area (Å²) in [6, 6.07) is 0. The highest BCUT2D eigenvalue weighted by Gasteiger charge is 2.03. The molecule has 0 heterocycles. The van der Waals surface area contributed by atoms with Gasteiger partial charge in [-0.2, -0.15) is 0 Å². The Morgan fingerprint density at radius 2 is 1.38 bits per heavy atom. The monoisotopic (exact) mass is 242 g/mol. The van der Waals surface area contributed by atoms with Crippen LogP contribution in [0.25, 0.3) is 0 Å². The summed E-state index contributed by atoms with van der Waals surface area (Å²) in [5, 5.41) is 0. The van der Waals surface area contributed by atoms with Gasteiger partial charge in [-0.1, -0.05) is 21.6 Å². The maximum atomic E-state index is 10.6. The second-order valence-electron chi connectivity index (χ2n) is 1.74. The number of rotatable bonds is 6. The number of carbonyl (C=O) groups is 2. The molecule has 13 heavy (non-hydrogen) atoms. The van der Waals surface area contributed by atoms with Crippen LogP contribution in [0.1, 0.15) is 0 Å². The van der Waals surface area contributed by atoms with E-state index in [1.807, 2.05) is 0 Å². The predicted octanol–water partition coefficient (Wildman–Crippen LogP) is 1.36. The van der Waals surface area contributed by atoms with E-state index in [4.69, 9.17) is 0 Å². The van der Waals surface area contributed by atoms with Crippen molar-refractivity contribution < 1.29 is 19.1 Å². The maximum Gasteiger partial charge on any atom is 0.316 e. The van der Waals surface area contributed by atoms with Gasteiger partial charge in [0.1, 0.15) is 11.5 Å². The number of methoxy groups -OCH3 is 2. The molecule has 0 N–H and O–H groups in total. The lowest BCUT2D eigenvalue weighted by atomic mass is 10.8. The molecule has 0 fully saturated rings. The molecule has 0 bridgehead atoms. The first-order valence-corrected chi connectivity index (χ1v) is 7.07. The van der Waals surface area contributed by atoms with E-state index in [0.717, 1.165) is 0 Å². The lowest BCUT2D eigenvalue weighted by molar-refractivity contribution is -0.138. The van der Waals surface area contributed by atoms with Gasteiger partial charge in [-0.05, 0) is 9.83 Å². The molecular weight excluding hydrogens is 232 g/mol. The highest BCUT2D eigenvalue weighted by Crippen LogP contribution is 2.34. The summed E-state index contributed by atoms with van der Waals surface area (Å²) in [7, 11) is 6.73. The van der Waals surface area contributed by atoms with Crippen molar-refractivity contribution in [1.29, 1.82) is 0 Å². The van der Waals surface area contributed by atoms with Gasteiger partial charge in [0.25, 0.3) is 0 Å². The van der Waals surface area contributed by atoms with E-state index in [0.29, 0.717) is 0 Å². The Morgan fingerprint density at radius 1 is 1.00 bits per heavy atom. The number of esters is 2. The third kappa shape index (κ3) is 8.32. The molecule has 0 saturated heterocycles. The van der Waals surface area contributed by atoms with E-state index in [1.54, 1.807) is 0 Å². The SMILES string of the molecule is COC(=O)CSSSCC(=O)OC. The minimum absolute atomic E-state index is 0.267. The zero-order valence-electron chi connectivity index (χ0n) is 7.27. The zero-order chi connectivity index (χ0) is 10.1. The van der Waals surface area contributed by atoms with Crippen molar-refractivity contribution in [3.8, 4) is 0 Å². The van der Waals surface area contributed by atoms with Gasteiger partial charge in [0, 0.05) is 0 Å². The molecule has 4 nitrogen and oxygen atoms in total. The summed E-state index contributed by atoms with van der Waals surface area (Å²) in [5.41, 5.74) is 0. The Kier molecular flexibility index (Phi) is 8.58. The zero-order valence-corrected chi connectivity index (χ0v) is 9.72. The van der Waals surface area contributed by atoms with Crippen molar-refractivity contribution in [1.82, 2.24) is 0 Å². The first kappa shape index (κ1) is 13.0. The topological polar surface area (TPSA) is 52.6 Å². The van der Waals surface area contributed by atoms with Gasteiger partial charge >= 0.3 is 11.9 Å². The molecule has 0 aliphatic carbocycles. The lowest BCUT2D eigenvalue weighted by Crippen LogP contribution is -2.02. The molecule has 0 rings (SSSR count). The number of carbonyl (C=O) groups excluding carboxylic acids is 2. The fourth-order valence-corrected chi connectivity index (χ4v) is 3.44. The Bertz CT molecular complexity index is 155. The van der Waals surface area contributed by atoms with Crippen LogP contribution in [0, 0.1) is 0 Å². The van der Waals surface area contributed by atoms with Crippen molar-refractivity contribution in [2.45, 2.75) is 0 Å². The van der Waals surface area contributed by atoms with Crippen LogP contribution in [0.4, 0.5) is 0 Å². The Hall–Kier alpha value is -0.0100. The third-order valence-electron chi connectivity index (χ3n) is 0.905. The van der Waals surface area contributed by atoms with E-state index in [9.17, 15) is 9.59 Å². The van der Waals surface area contributed by atoms with Gasteiger partial charge in [-0.25, -0.2) is 0 Å². The second kappa shape index (κ2) is 8.58. The summed E-state index contributed by atoms with van der Waals surface area (Å²) >= 11 is 0. The molecule has 7 heteroatoms. The minimum Gasteiger partial charge on any atom is -0.468 e. The van der Waals surface area contributed by atoms with Gasteiger partial charge < -0.3 is 9.47 Å². The van der Waals surface area contributed by atoms with Crippen LogP contribution >= 0.6 is 31.4 Å². The largest absolute Gasteiger partial charge is 0.468 e. The summed E-state index contributed by atoms with van der Waals surface area (Å²) < 4.78 is 8.85. The van der Waals surface area contributed by atoms with E-state index in [2.05, 4.69) is 9.47 Å². The Balaban J connectivity index is 3.17. The minimum atomic E-state index is -0.267. The smallest absolute Gasteiger partial charge is 0.316 e. The van der Waals surface area contributed by atoms with Crippen molar-refractivity contribution in [2.75, 3.05) is 25.7 Å². The van der Waals surface area contributed by atoms with E-state index in [-0.39, 0.29) is 23.4 Å². The summed E-state index contributed by atoms with van der Waals surface area (Å²) in [5.74, 6) is 0.0392. The first-order chi connectivity index (χ1) is 6.20. The average molecular weight is 242 g/mol. The first-order valence-electron chi connectivity index (χ1n) is 3.25. The van der Waals surface area contributed by atoms with E-state index >= 15 is 0 Å². The van der Waals surface area contributed by atoms with Crippen LogP contribution in [0.5, 0.6) is 0 Å². The third-order valence-corrected chi connectivity index (χ3v) is 4.82. The average Bonchev–Trinajstić information content (AvgIpc) is 2.16. The van der Waals surface area contributed by atoms with Crippen molar-refractivity contribution in [3.63, 3.8) is 0 Å².